The van der Waals surface area contributed by atoms with E-state index in [4.69, 9.17) is 15.0 Å². The summed E-state index contributed by atoms with van der Waals surface area (Å²) in [6, 6.07) is 69.5. The number of fused-ring (bicyclic) bond motifs is 9. The normalized spacial score (nSPS) is 13.0. The molecule has 4 heteroatoms. The first-order valence-electron chi connectivity index (χ1n) is 20.6. The van der Waals surface area contributed by atoms with Gasteiger partial charge in [-0.05, 0) is 85.9 Å². The van der Waals surface area contributed by atoms with Gasteiger partial charge in [0.1, 0.15) is 0 Å². The molecule has 0 bridgehead atoms. The smallest absolute Gasteiger partial charge is 0.164 e. The van der Waals surface area contributed by atoms with Crippen molar-refractivity contribution in [2.24, 2.45) is 0 Å². The van der Waals surface area contributed by atoms with Crippen LogP contribution >= 0.6 is 0 Å². The molecule has 1 aliphatic carbocycles. The summed E-state index contributed by atoms with van der Waals surface area (Å²) >= 11 is 0. The third-order valence-electron chi connectivity index (χ3n) is 12.6. The topological polar surface area (TPSA) is 43.6 Å². The fourth-order valence-electron chi connectivity index (χ4n) is 9.87. The third-order valence-corrected chi connectivity index (χ3v) is 12.6. The van der Waals surface area contributed by atoms with Crippen LogP contribution in [-0.2, 0) is 5.41 Å². The van der Waals surface area contributed by atoms with Crippen LogP contribution < -0.4 is 0 Å². The molecule has 4 nitrogen and oxygen atoms in total. The molecule has 2 aromatic heterocycles. The monoisotopic (exact) mass is 766 g/mol. The maximum absolute atomic E-state index is 5.13. The van der Waals surface area contributed by atoms with Gasteiger partial charge in [-0.1, -0.05) is 172 Å². The highest BCUT2D eigenvalue weighted by Gasteiger charge is 2.38. The lowest BCUT2D eigenvalue weighted by Gasteiger charge is -2.24. The molecular formula is C56H38N4. The lowest BCUT2D eigenvalue weighted by atomic mass is 9.79. The number of para-hydroxylation sites is 1. The molecule has 11 aromatic rings. The Balaban J connectivity index is 1.09. The van der Waals surface area contributed by atoms with Gasteiger partial charge in [0.15, 0.2) is 17.5 Å². The van der Waals surface area contributed by atoms with Crippen LogP contribution in [0, 0.1) is 0 Å². The van der Waals surface area contributed by atoms with E-state index in [0.717, 1.165) is 33.2 Å². The Hall–Kier alpha value is -7.69. The molecule has 0 fully saturated rings. The Morgan fingerprint density at radius 1 is 0.350 bits per heavy atom. The Morgan fingerprint density at radius 2 is 0.867 bits per heavy atom. The van der Waals surface area contributed by atoms with E-state index in [1.165, 1.54) is 66.0 Å². The van der Waals surface area contributed by atoms with Crippen LogP contribution in [0.15, 0.2) is 194 Å². The zero-order chi connectivity index (χ0) is 40.0. The summed E-state index contributed by atoms with van der Waals surface area (Å²) in [5, 5.41) is 7.29. The number of hydrogen-bond donors (Lipinski definition) is 0. The van der Waals surface area contributed by atoms with Crippen molar-refractivity contribution in [3.63, 3.8) is 0 Å². The molecule has 0 atom stereocenters. The maximum Gasteiger partial charge on any atom is 0.164 e. The summed E-state index contributed by atoms with van der Waals surface area (Å²) < 4.78 is 2.47. The SMILES string of the molecule is CC1(C)c2cc3c(cc2-c2cc(-c4ccccc4)c4ccccc4c21)c1ccccc1n3-c1ccc(-c2nc(-c3ccccc3)nc(-c3ccccc3)n2)c2ccccc12. The summed E-state index contributed by atoms with van der Waals surface area (Å²) in [4.78, 5) is 15.2. The predicted octanol–water partition coefficient (Wildman–Crippen LogP) is 14.2. The minimum Gasteiger partial charge on any atom is -0.309 e. The van der Waals surface area contributed by atoms with Gasteiger partial charge in [0.2, 0.25) is 0 Å². The first-order valence-corrected chi connectivity index (χ1v) is 20.6. The van der Waals surface area contributed by atoms with Gasteiger partial charge < -0.3 is 4.57 Å². The van der Waals surface area contributed by atoms with Gasteiger partial charge in [0.25, 0.3) is 0 Å². The molecule has 1 aliphatic rings. The van der Waals surface area contributed by atoms with Gasteiger partial charge in [-0.2, -0.15) is 0 Å². The molecule has 0 unspecified atom stereocenters. The number of aromatic nitrogens is 4. The van der Waals surface area contributed by atoms with Crippen LogP contribution in [0.25, 0.3) is 105 Å². The fraction of sp³-hybridized carbons (Fsp3) is 0.0536. The van der Waals surface area contributed by atoms with Crippen LogP contribution in [0.4, 0.5) is 0 Å². The van der Waals surface area contributed by atoms with E-state index in [1.807, 2.05) is 36.4 Å². The van der Waals surface area contributed by atoms with Crippen molar-refractivity contribution in [2.45, 2.75) is 19.3 Å². The minimum absolute atomic E-state index is 0.230. The second-order valence-corrected chi connectivity index (χ2v) is 16.4. The quantitative estimate of drug-likeness (QED) is 0.175. The highest BCUT2D eigenvalue weighted by molar-refractivity contribution is 6.15. The van der Waals surface area contributed by atoms with Crippen molar-refractivity contribution in [1.29, 1.82) is 0 Å². The second kappa shape index (κ2) is 13.2. The summed E-state index contributed by atoms with van der Waals surface area (Å²) in [6.45, 7) is 4.80. The highest BCUT2D eigenvalue weighted by atomic mass is 15.0. The number of hydrogen-bond acceptors (Lipinski definition) is 3. The summed E-state index contributed by atoms with van der Waals surface area (Å²) in [7, 11) is 0. The molecule has 0 radical (unpaired) electrons. The van der Waals surface area contributed by atoms with Crippen molar-refractivity contribution < 1.29 is 0 Å². The van der Waals surface area contributed by atoms with Crippen LogP contribution in [0.3, 0.4) is 0 Å². The molecule has 9 aromatic carbocycles. The van der Waals surface area contributed by atoms with E-state index in [-0.39, 0.29) is 5.41 Å². The van der Waals surface area contributed by atoms with Crippen molar-refractivity contribution in [2.75, 3.05) is 0 Å². The van der Waals surface area contributed by atoms with E-state index in [1.54, 1.807) is 0 Å². The third kappa shape index (κ3) is 5.14. The molecular weight excluding hydrogens is 729 g/mol. The highest BCUT2D eigenvalue weighted by Crippen LogP contribution is 2.55. The van der Waals surface area contributed by atoms with Gasteiger partial charge in [0.05, 0.1) is 16.7 Å². The largest absolute Gasteiger partial charge is 0.309 e. The van der Waals surface area contributed by atoms with Crippen molar-refractivity contribution in [1.82, 2.24) is 19.5 Å². The molecule has 0 spiro atoms. The Morgan fingerprint density at radius 3 is 1.52 bits per heavy atom. The van der Waals surface area contributed by atoms with Gasteiger partial charge >= 0.3 is 0 Å². The standard InChI is InChI=1S/C56H38N4/c1-56(2)48-34-51-46(33-45(48)47-32-44(35-18-6-3-7-19-35)39-25-13-15-28-42(39)52(47)56)41-27-16-17-29-49(41)60(51)50-31-30-43(38-24-12-14-26-40(38)50)55-58-53(36-20-8-4-9-21-36)57-54(59-55)37-22-10-5-11-23-37/h3-34H,1-2H3. The van der Waals surface area contributed by atoms with Gasteiger partial charge in [-0.15, -0.1) is 0 Å². The van der Waals surface area contributed by atoms with E-state index in [9.17, 15) is 0 Å². The average Bonchev–Trinajstić information content (AvgIpc) is 3.75. The first kappa shape index (κ1) is 34.4. The molecule has 60 heavy (non-hydrogen) atoms. The van der Waals surface area contributed by atoms with E-state index in [2.05, 4.69) is 176 Å². The molecule has 282 valence electrons. The van der Waals surface area contributed by atoms with Gasteiger partial charge in [0, 0.05) is 38.3 Å². The lowest BCUT2D eigenvalue weighted by molar-refractivity contribution is 0.667. The van der Waals surface area contributed by atoms with Gasteiger partial charge in [-0.3, -0.25) is 0 Å². The van der Waals surface area contributed by atoms with Crippen molar-refractivity contribution >= 4 is 43.4 Å². The van der Waals surface area contributed by atoms with Crippen LogP contribution in [0.2, 0.25) is 0 Å². The number of nitrogens with zero attached hydrogens (tertiary/aromatic N) is 4. The molecule has 0 saturated heterocycles. The molecule has 12 rings (SSSR count). The van der Waals surface area contributed by atoms with E-state index >= 15 is 0 Å². The molecule has 2 heterocycles. The Kier molecular flexibility index (Phi) is 7.54. The average molecular weight is 767 g/mol. The Labute approximate surface area is 348 Å². The van der Waals surface area contributed by atoms with Crippen LogP contribution in [0.5, 0.6) is 0 Å². The fourth-order valence-corrected chi connectivity index (χ4v) is 9.87. The minimum atomic E-state index is -0.230. The Bertz CT molecular complexity index is 3440. The molecule has 0 aliphatic heterocycles. The summed E-state index contributed by atoms with van der Waals surface area (Å²) in [5.41, 5.74) is 14.0. The van der Waals surface area contributed by atoms with Gasteiger partial charge in [-0.25, -0.2) is 15.0 Å². The molecule has 0 amide bonds. The lowest BCUT2D eigenvalue weighted by Crippen LogP contribution is -2.15. The van der Waals surface area contributed by atoms with E-state index in [0.29, 0.717) is 17.5 Å². The van der Waals surface area contributed by atoms with Crippen LogP contribution in [-0.4, -0.2) is 19.5 Å². The second-order valence-electron chi connectivity index (χ2n) is 16.4. The zero-order valence-electron chi connectivity index (χ0n) is 33.3. The maximum atomic E-state index is 5.13. The molecule has 0 saturated carbocycles. The summed E-state index contributed by atoms with van der Waals surface area (Å²) in [6.07, 6.45) is 0. The van der Waals surface area contributed by atoms with E-state index < -0.39 is 0 Å². The zero-order valence-corrected chi connectivity index (χ0v) is 33.3. The van der Waals surface area contributed by atoms with Crippen molar-refractivity contribution in [3.05, 3.63) is 205 Å². The van der Waals surface area contributed by atoms with Crippen LogP contribution in [0.1, 0.15) is 25.0 Å². The predicted molar refractivity (Wildman–Crippen MR) is 248 cm³/mol. The number of benzene rings is 9. The number of rotatable bonds is 5. The van der Waals surface area contributed by atoms with Crippen molar-refractivity contribution in [3.8, 4) is 62.1 Å². The summed E-state index contributed by atoms with van der Waals surface area (Å²) in [5.74, 6) is 1.94. The first-order chi connectivity index (χ1) is 29.5. The molecule has 0 N–H and O–H groups in total.